The molecule has 218 valence electrons. The first-order chi connectivity index (χ1) is 20.3. The Morgan fingerprint density at radius 2 is 1.64 bits per heavy atom. The Hall–Kier alpha value is -3.88. The van der Waals surface area contributed by atoms with E-state index < -0.39 is 16.1 Å². The summed E-state index contributed by atoms with van der Waals surface area (Å²) in [6.07, 6.45) is 1.46. The van der Waals surface area contributed by atoms with Gasteiger partial charge in [-0.15, -0.1) is 0 Å². The second-order valence-corrected chi connectivity index (χ2v) is 12.7. The molecule has 5 rings (SSSR count). The number of sulfonamides is 1. The van der Waals surface area contributed by atoms with E-state index in [0.29, 0.717) is 29.1 Å². The van der Waals surface area contributed by atoms with E-state index in [4.69, 9.17) is 11.6 Å². The standard InChI is InChI=1S/C33H34ClN3O4S/c1-2-20-35-33(39)29(22-24-11-4-3-5-12-24)36(23-26-13-6-7-16-27(26)34)31(38)19-10-21-37-28-17-8-14-25-15-9-18-30(32(25)28)42(37,40)41/h3-9,11-18,29H,2,10,19-23H2,1H3,(H,35,39)/t29-/m1/s1. The van der Waals surface area contributed by atoms with Crippen LogP contribution in [0, 0.1) is 0 Å². The molecule has 0 unspecified atom stereocenters. The number of hydrogen-bond acceptors (Lipinski definition) is 4. The van der Waals surface area contributed by atoms with Gasteiger partial charge in [0.1, 0.15) is 6.04 Å². The molecule has 0 spiro atoms. The fraction of sp³-hybridized carbons (Fsp3) is 0.273. The smallest absolute Gasteiger partial charge is 0.265 e. The van der Waals surface area contributed by atoms with Crippen LogP contribution in [0.25, 0.3) is 10.8 Å². The first kappa shape index (κ1) is 29.6. The third-order valence-electron chi connectivity index (χ3n) is 7.55. The maximum atomic E-state index is 13.9. The van der Waals surface area contributed by atoms with Crippen LogP contribution in [0.1, 0.15) is 37.3 Å². The van der Waals surface area contributed by atoms with Gasteiger partial charge in [-0.25, -0.2) is 8.42 Å². The molecular formula is C33H34ClN3O4S. The summed E-state index contributed by atoms with van der Waals surface area (Å²) in [6, 6.07) is 26.9. The van der Waals surface area contributed by atoms with Gasteiger partial charge in [0.15, 0.2) is 0 Å². The molecule has 1 aliphatic heterocycles. The van der Waals surface area contributed by atoms with Gasteiger partial charge in [0, 0.05) is 42.9 Å². The lowest BCUT2D eigenvalue weighted by atomic mass is 10.0. The van der Waals surface area contributed by atoms with Crippen molar-refractivity contribution in [3.8, 4) is 0 Å². The van der Waals surface area contributed by atoms with Gasteiger partial charge in [-0.3, -0.25) is 13.9 Å². The monoisotopic (exact) mass is 603 g/mol. The summed E-state index contributed by atoms with van der Waals surface area (Å²) in [7, 11) is -3.72. The molecule has 1 atom stereocenters. The van der Waals surface area contributed by atoms with E-state index in [1.54, 1.807) is 29.2 Å². The van der Waals surface area contributed by atoms with Crippen molar-refractivity contribution in [1.82, 2.24) is 10.2 Å². The van der Waals surface area contributed by atoms with Gasteiger partial charge >= 0.3 is 0 Å². The predicted octanol–water partition coefficient (Wildman–Crippen LogP) is 5.95. The Morgan fingerprint density at radius 1 is 0.929 bits per heavy atom. The molecule has 0 aromatic heterocycles. The van der Waals surface area contributed by atoms with Gasteiger partial charge in [-0.2, -0.15) is 0 Å². The highest BCUT2D eigenvalue weighted by atomic mass is 35.5. The van der Waals surface area contributed by atoms with E-state index in [9.17, 15) is 18.0 Å². The summed E-state index contributed by atoms with van der Waals surface area (Å²) in [5, 5.41) is 5.05. The molecule has 1 aliphatic rings. The number of halogens is 1. The third kappa shape index (κ3) is 6.15. The Kier molecular flexibility index (Phi) is 9.14. The highest BCUT2D eigenvalue weighted by Gasteiger charge is 2.36. The average molecular weight is 604 g/mol. The van der Waals surface area contributed by atoms with Gasteiger partial charge in [0.25, 0.3) is 10.0 Å². The van der Waals surface area contributed by atoms with E-state index in [0.717, 1.165) is 22.9 Å². The molecule has 4 aromatic rings. The van der Waals surface area contributed by atoms with Crippen molar-refractivity contribution in [1.29, 1.82) is 0 Å². The van der Waals surface area contributed by atoms with Gasteiger partial charge in [-0.1, -0.05) is 91.3 Å². The number of benzene rings is 4. The Balaban J connectivity index is 1.39. The quantitative estimate of drug-likeness (QED) is 0.217. The van der Waals surface area contributed by atoms with Crippen LogP contribution >= 0.6 is 11.6 Å². The third-order valence-corrected chi connectivity index (χ3v) is 9.78. The summed E-state index contributed by atoms with van der Waals surface area (Å²) in [6.45, 7) is 2.77. The number of anilines is 1. The lowest BCUT2D eigenvalue weighted by Crippen LogP contribution is -2.50. The van der Waals surface area contributed by atoms with Crippen LogP contribution in [0.3, 0.4) is 0 Å². The van der Waals surface area contributed by atoms with Crippen LogP contribution in [0.2, 0.25) is 5.02 Å². The summed E-state index contributed by atoms with van der Waals surface area (Å²) in [5.74, 6) is -0.472. The first-order valence-corrected chi connectivity index (χ1v) is 16.0. The van der Waals surface area contributed by atoms with Crippen LogP contribution in [0.15, 0.2) is 95.9 Å². The van der Waals surface area contributed by atoms with Crippen LogP contribution in [-0.2, 0) is 32.6 Å². The minimum absolute atomic E-state index is 0.0646. The number of carbonyl (C=O) groups excluding carboxylic acids is 2. The molecule has 1 N–H and O–H groups in total. The van der Waals surface area contributed by atoms with E-state index >= 15 is 0 Å². The molecule has 42 heavy (non-hydrogen) atoms. The molecular weight excluding hydrogens is 570 g/mol. The van der Waals surface area contributed by atoms with Gasteiger partial charge in [0.2, 0.25) is 11.8 Å². The minimum Gasteiger partial charge on any atom is -0.354 e. The van der Waals surface area contributed by atoms with Crippen molar-refractivity contribution < 1.29 is 18.0 Å². The van der Waals surface area contributed by atoms with E-state index in [-0.39, 0.29) is 42.6 Å². The number of hydrogen-bond donors (Lipinski definition) is 1. The molecule has 0 saturated heterocycles. The van der Waals surface area contributed by atoms with Crippen molar-refractivity contribution in [2.75, 3.05) is 17.4 Å². The Labute approximate surface area is 252 Å². The summed E-state index contributed by atoms with van der Waals surface area (Å²) < 4.78 is 28.2. The Morgan fingerprint density at radius 3 is 2.38 bits per heavy atom. The highest BCUT2D eigenvalue weighted by Crippen LogP contribution is 2.42. The number of carbonyl (C=O) groups is 2. The molecule has 4 aromatic carbocycles. The SMILES string of the molecule is CCCNC(=O)[C@@H](Cc1ccccc1)N(Cc1ccccc1Cl)C(=O)CCCN1c2cccc3cccc(c23)S1(=O)=O. The van der Waals surface area contributed by atoms with Crippen molar-refractivity contribution in [3.63, 3.8) is 0 Å². The zero-order chi connectivity index (χ0) is 29.7. The molecule has 2 amide bonds. The zero-order valence-electron chi connectivity index (χ0n) is 23.5. The Bertz CT molecular complexity index is 1690. The maximum absolute atomic E-state index is 13.9. The van der Waals surface area contributed by atoms with Gasteiger partial charge < -0.3 is 10.2 Å². The van der Waals surface area contributed by atoms with E-state index in [1.807, 2.05) is 73.7 Å². The molecule has 7 nitrogen and oxygen atoms in total. The fourth-order valence-corrected chi connectivity index (χ4v) is 7.39. The van der Waals surface area contributed by atoms with Crippen LogP contribution in [0.5, 0.6) is 0 Å². The average Bonchev–Trinajstić information content (AvgIpc) is 3.22. The second kappa shape index (κ2) is 13.0. The molecule has 0 bridgehead atoms. The summed E-state index contributed by atoms with van der Waals surface area (Å²) >= 11 is 6.49. The lowest BCUT2D eigenvalue weighted by molar-refractivity contribution is -0.141. The van der Waals surface area contributed by atoms with Crippen molar-refractivity contribution in [2.45, 2.75) is 50.1 Å². The summed E-state index contributed by atoms with van der Waals surface area (Å²) in [4.78, 5) is 29.3. The van der Waals surface area contributed by atoms with Crippen LogP contribution in [0.4, 0.5) is 5.69 Å². The second-order valence-electron chi connectivity index (χ2n) is 10.4. The molecule has 1 heterocycles. The largest absolute Gasteiger partial charge is 0.354 e. The van der Waals surface area contributed by atoms with Crippen LogP contribution < -0.4 is 9.62 Å². The molecule has 0 saturated carbocycles. The minimum atomic E-state index is -3.72. The van der Waals surface area contributed by atoms with Crippen molar-refractivity contribution in [3.05, 3.63) is 107 Å². The molecule has 0 aliphatic carbocycles. The topological polar surface area (TPSA) is 86.8 Å². The molecule has 9 heteroatoms. The number of rotatable bonds is 12. The van der Waals surface area contributed by atoms with Gasteiger partial charge in [0.05, 0.1) is 10.6 Å². The van der Waals surface area contributed by atoms with E-state index in [1.165, 1.54) is 4.31 Å². The van der Waals surface area contributed by atoms with Crippen molar-refractivity contribution >= 4 is 49.9 Å². The zero-order valence-corrected chi connectivity index (χ0v) is 25.1. The lowest BCUT2D eigenvalue weighted by Gasteiger charge is -2.32. The first-order valence-electron chi connectivity index (χ1n) is 14.2. The number of nitrogens with zero attached hydrogens (tertiary/aromatic N) is 2. The summed E-state index contributed by atoms with van der Waals surface area (Å²) in [5.41, 5.74) is 2.29. The maximum Gasteiger partial charge on any atom is 0.265 e. The van der Waals surface area contributed by atoms with E-state index in [2.05, 4.69) is 5.32 Å². The highest BCUT2D eigenvalue weighted by molar-refractivity contribution is 7.93. The number of nitrogens with one attached hydrogen (secondary N) is 1. The van der Waals surface area contributed by atoms with Gasteiger partial charge in [-0.05, 0) is 47.6 Å². The van der Waals surface area contributed by atoms with Crippen LogP contribution in [-0.4, -0.2) is 44.3 Å². The number of amides is 2. The predicted molar refractivity (Wildman–Crippen MR) is 167 cm³/mol. The molecule has 0 fully saturated rings. The van der Waals surface area contributed by atoms with Crippen molar-refractivity contribution in [2.24, 2.45) is 0 Å². The molecule has 0 radical (unpaired) electrons. The normalized spacial score (nSPS) is 14.1. The fourth-order valence-electron chi connectivity index (χ4n) is 5.45.